The van der Waals surface area contributed by atoms with Gasteiger partial charge in [0.2, 0.25) is 0 Å². The van der Waals surface area contributed by atoms with Crippen LogP contribution in [0.25, 0.3) is 16.5 Å². The quantitative estimate of drug-likeness (QED) is 0.236. The highest BCUT2D eigenvalue weighted by molar-refractivity contribution is 6.03. The lowest BCUT2D eigenvalue weighted by Gasteiger charge is -2.24. The van der Waals surface area contributed by atoms with Crippen LogP contribution in [0.1, 0.15) is 37.6 Å². The highest BCUT2D eigenvalue weighted by Crippen LogP contribution is 2.32. The molecule has 0 aliphatic carbocycles. The molecule has 1 aromatic carbocycles. The van der Waals surface area contributed by atoms with E-state index in [2.05, 4.69) is 15.0 Å². The molecule has 0 radical (unpaired) electrons. The van der Waals surface area contributed by atoms with E-state index in [4.69, 9.17) is 14.2 Å². The van der Waals surface area contributed by atoms with Gasteiger partial charge in [0.05, 0.1) is 13.7 Å². The Morgan fingerprint density at radius 3 is 2.64 bits per heavy atom. The first-order valence-electron chi connectivity index (χ1n) is 12.5. The number of carbonyl (C=O) groups is 2. The molecule has 202 valence electrons. The summed E-state index contributed by atoms with van der Waals surface area (Å²) in [5.74, 6) is 0.720. The van der Waals surface area contributed by atoms with Crippen LogP contribution in [-0.4, -0.2) is 53.4 Å². The van der Waals surface area contributed by atoms with Gasteiger partial charge in [0, 0.05) is 65.9 Å². The number of hydrogen-bond donors (Lipinski definition) is 1. The van der Waals surface area contributed by atoms with Crippen molar-refractivity contribution in [1.82, 2.24) is 15.0 Å². The number of amides is 1. The summed E-state index contributed by atoms with van der Waals surface area (Å²) in [6, 6.07) is 15.0. The second kappa shape index (κ2) is 11.8. The Balaban J connectivity index is 1.50. The number of aromatic nitrogens is 3. The van der Waals surface area contributed by atoms with E-state index in [1.165, 1.54) is 18.1 Å². The molecule has 0 aliphatic rings. The molecule has 0 atom stereocenters. The van der Waals surface area contributed by atoms with E-state index in [0.29, 0.717) is 30.2 Å². The Kier molecular flexibility index (Phi) is 8.29. The van der Waals surface area contributed by atoms with Crippen LogP contribution in [0, 0.1) is 0 Å². The van der Waals surface area contributed by atoms with Gasteiger partial charge in [0.1, 0.15) is 17.2 Å². The number of aromatic amines is 1. The van der Waals surface area contributed by atoms with E-state index in [9.17, 15) is 9.59 Å². The molecule has 0 saturated heterocycles. The number of hydrogen-bond acceptors (Lipinski definition) is 7. The number of fused-ring (bicyclic) bond motifs is 1. The molecule has 39 heavy (non-hydrogen) atoms. The van der Waals surface area contributed by atoms with Crippen molar-refractivity contribution in [3.8, 4) is 5.75 Å². The summed E-state index contributed by atoms with van der Waals surface area (Å²) in [6.45, 7) is 5.85. The number of esters is 1. The number of anilines is 1. The molecule has 0 aliphatic heterocycles. The van der Waals surface area contributed by atoms with E-state index in [0.717, 1.165) is 27.7 Å². The summed E-state index contributed by atoms with van der Waals surface area (Å²) in [7, 11) is 2.98. The standard InChI is InChI=1S/C30H32N4O5/c1-30(2,3)39-29(36)34(4)27-10-6-9-21(33-27)13-15-38-22-11-12-26-24(16-22)25(19-32-26)23(17-28(35)37-5)20-8-7-14-31-18-20/h6-12,14,16-19,32H,13,15H2,1-5H3. The van der Waals surface area contributed by atoms with E-state index in [-0.39, 0.29) is 0 Å². The van der Waals surface area contributed by atoms with E-state index < -0.39 is 17.7 Å². The van der Waals surface area contributed by atoms with Crippen LogP contribution >= 0.6 is 0 Å². The zero-order chi connectivity index (χ0) is 28.0. The fraction of sp³-hybridized carbons (Fsp3) is 0.267. The van der Waals surface area contributed by atoms with Crippen molar-refractivity contribution in [3.63, 3.8) is 0 Å². The lowest BCUT2D eigenvalue weighted by Crippen LogP contribution is -2.34. The monoisotopic (exact) mass is 528 g/mol. The molecule has 3 heterocycles. The fourth-order valence-electron chi connectivity index (χ4n) is 3.92. The first kappa shape index (κ1) is 27.4. The van der Waals surface area contributed by atoms with Crippen molar-refractivity contribution in [1.29, 1.82) is 0 Å². The summed E-state index contributed by atoms with van der Waals surface area (Å²) in [6.07, 6.45) is 6.77. The van der Waals surface area contributed by atoms with Crippen molar-refractivity contribution >= 4 is 34.4 Å². The van der Waals surface area contributed by atoms with Crippen molar-refractivity contribution in [3.05, 3.63) is 90.0 Å². The number of rotatable bonds is 8. The molecule has 0 fully saturated rings. The third-order valence-corrected chi connectivity index (χ3v) is 5.81. The lowest BCUT2D eigenvalue weighted by atomic mass is 9.98. The zero-order valence-corrected chi connectivity index (χ0v) is 22.7. The fourth-order valence-corrected chi connectivity index (χ4v) is 3.92. The topological polar surface area (TPSA) is 107 Å². The number of pyridine rings is 2. The van der Waals surface area contributed by atoms with Crippen LogP contribution < -0.4 is 9.64 Å². The summed E-state index contributed by atoms with van der Waals surface area (Å²) in [5.41, 5.74) is 3.40. The Morgan fingerprint density at radius 1 is 1.10 bits per heavy atom. The summed E-state index contributed by atoms with van der Waals surface area (Å²) >= 11 is 0. The van der Waals surface area contributed by atoms with Crippen molar-refractivity contribution in [2.75, 3.05) is 25.7 Å². The summed E-state index contributed by atoms with van der Waals surface area (Å²) in [4.78, 5) is 38.0. The molecule has 4 rings (SSSR count). The van der Waals surface area contributed by atoms with Gasteiger partial charge in [0.25, 0.3) is 0 Å². The normalized spacial score (nSPS) is 11.8. The van der Waals surface area contributed by atoms with Gasteiger partial charge in [0.15, 0.2) is 0 Å². The van der Waals surface area contributed by atoms with Gasteiger partial charge in [-0.25, -0.2) is 14.6 Å². The Labute approximate surface area is 227 Å². The van der Waals surface area contributed by atoms with Crippen LogP contribution in [0.15, 0.2) is 73.2 Å². The second-order valence-electron chi connectivity index (χ2n) is 9.86. The third kappa shape index (κ3) is 7.01. The van der Waals surface area contributed by atoms with Gasteiger partial charge in [-0.05, 0) is 62.7 Å². The molecule has 3 aromatic heterocycles. The third-order valence-electron chi connectivity index (χ3n) is 5.81. The van der Waals surface area contributed by atoms with Crippen LogP contribution in [0.4, 0.5) is 10.6 Å². The number of nitrogens with zero attached hydrogens (tertiary/aromatic N) is 3. The minimum atomic E-state index is -0.592. The van der Waals surface area contributed by atoms with Gasteiger partial charge < -0.3 is 19.2 Å². The molecule has 1 amide bonds. The molecule has 9 heteroatoms. The number of methoxy groups -OCH3 is 1. The summed E-state index contributed by atoms with van der Waals surface area (Å²) in [5, 5.41) is 0.894. The minimum Gasteiger partial charge on any atom is -0.493 e. The highest BCUT2D eigenvalue weighted by Gasteiger charge is 2.21. The SMILES string of the molecule is COC(=O)C=C(c1cccnc1)c1c[nH]c2ccc(OCCc3cccc(N(C)C(=O)OC(C)(C)C)n3)cc12. The maximum atomic E-state index is 12.4. The maximum Gasteiger partial charge on any atom is 0.415 e. The van der Waals surface area contributed by atoms with Gasteiger partial charge >= 0.3 is 12.1 Å². The van der Waals surface area contributed by atoms with Gasteiger partial charge in [-0.1, -0.05) is 12.1 Å². The van der Waals surface area contributed by atoms with E-state index in [1.54, 1.807) is 25.5 Å². The zero-order valence-electron chi connectivity index (χ0n) is 22.7. The molecule has 1 N–H and O–H groups in total. The van der Waals surface area contributed by atoms with Crippen LogP contribution in [0.5, 0.6) is 5.75 Å². The Bertz CT molecular complexity index is 1490. The van der Waals surface area contributed by atoms with Gasteiger partial charge in [-0.2, -0.15) is 0 Å². The van der Waals surface area contributed by atoms with Crippen LogP contribution in [0.2, 0.25) is 0 Å². The molecule has 0 saturated carbocycles. The number of nitrogens with one attached hydrogen (secondary N) is 1. The molecular weight excluding hydrogens is 496 g/mol. The minimum absolute atomic E-state index is 0.380. The van der Waals surface area contributed by atoms with Crippen molar-refractivity contribution in [2.45, 2.75) is 32.8 Å². The Morgan fingerprint density at radius 2 is 1.92 bits per heavy atom. The summed E-state index contributed by atoms with van der Waals surface area (Å²) < 4.78 is 16.4. The predicted octanol–water partition coefficient (Wildman–Crippen LogP) is 5.56. The molecule has 0 spiro atoms. The van der Waals surface area contributed by atoms with Gasteiger partial charge in [-0.3, -0.25) is 9.88 Å². The molecule has 4 aromatic rings. The first-order chi connectivity index (χ1) is 18.6. The van der Waals surface area contributed by atoms with Crippen molar-refractivity contribution < 1.29 is 23.8 Å². The number of H-pyrrole nitrogens is 1. The Hall–Kier alpha value is -4.66. The van der Waals surface area contributed by atoms with Crippen molar-refractivity contribution in [2.24, 2.45) is 0 Å². The smallest absolute Gasteiger partial charge is 0.415 e. The highest BCUT2D eigenvalue weighted by atomic mass is 16.6. The van der Waals surface area contributed by atoms with Gasteiger partial charge in [-0.15, -0.1) is 0 Å². The average Bonchev–Trinajstić information content (AvgIpc) is 3.34. The molecular formula is C30H32N4O5. The van der Waals surface area contributed by atoms with Crippen LogP contribution in [-0.2, 0) is 20.7 Å². The van der Waals surface area contributed by atoms with Crippen LogP contribution in [0.3, 0.4) is 0 Å². The van der Waals surface area contributed by atoms with E-state index >= 15 is 0 Å². The first-order valence-corrected chi connectivity index (χ1v) is 12.5. The maximum absolute atomic E-state index is 12.4. The lowest BCUT2D eigenvalue weighted by molar-refractivity contribution is -0.134. The number of ether oxygens (including phenoxy) is 3. The average molecular weight is 529 g/mol. The molecule has 0 bridgehead atoms. The predicted molar refractivity (Wildman–Crippen MR) is 150 cm³/mol. The molecule has 0 unspecified atom stereocenters. The molecule has 9 nitrogen and oxygen atoms in total. The second-order valence-corrected chi connectivity index (χ2v) is 9.86. The number of carbonyl (C=O) groups excluding carboxylic acids is 2. The van der Waals surface area contributed by atoms with E-state index in [1.807, 2.05) is 69.4 Å². The largest absolute Gasteiger partial charge is 0.493 e. The number of benzene rings is 1.